The summed E-state index contributed by atoms with van der Waals surface area (Å²) in [5, 5.41) is 8.62. The number of nitrogens with one attached hydrogen (secondary N) is 3. The second-order valence-corrected chi connectivity index (χ2v) is 11.3. The van der Waals surface area contributed by atoms with Crippen molar-refractivity contribution in [3.05, 3.63) is 120 Å². The minimum atomic E-state index is -0.957. The molecule has 0 saturated carbocycles. The highest BCUT2D eigenvalue weighted by Gasteiger charge is 2.32. The maximum absolute atomic E-state index is 13.7. The largest absolute Gasteiger partial charge is 0.449 e. The summed E-state index contributed by atoms with van der Waals surface area (Å²) in [4.78, 5) is 40.3. The minimum Gasteiger partial charge on any atom is -0.449 e. The molecule has 3 unspecified atom stereocenters. The summed E-state index contributed by atoms with van der Waals surface area (Å²) in [6, 6.07) is 27.6. The van der Waals surface area contributed by atoms with Gasteiger partial charge in [0.1, 0.15) is 31.4 Å². The molecule has 0 radical (unpaired) electrons. The summed E-state index contributed by atoms with van der Waals surface area (Å²) in [5.74, 6) is -1.03. The van der Waals surface area contributed by atoms with E-state index in [1.165, 1.54) is 0 Å². The molecule has 0 saturated heterocycles. The van der Waals surface area contributed by atoms with Crippen molar-refractivity contribution in [2.75, 3.05) is 11.9 Å². The second kappa shape index (κ2) is 14.0. The second-order valence-electron chi connectivity index (χ2n) is 11.3. The summed E-state index contributed by atoms with van der Waals surface area (Å²) in [6.45, 7) is 4.02. The van der Waals surface area contributed by atoms with Crippen molar-refractivity contribution in [2.24, 2.45) is 13.0 Å². The summed E-state index contributed by atoms with van der Waals surface area (Å²) in [7, 11) is 1.87. The zero-order valence-corrected chi connectivity index (χ0v) is 25.3. The molecule has 226 valence electrons. The van der Waals surface area contributed by atoms with Gasteiger partial charge in [-0.2, -0.15) is 0 Å². The van der Waals surface area contributed by atoms with Gasteiger partial charge in [-0.25, -0.2) is 9.36 Å². The van der Waals surface area contributed by atoms with Crippen LogP contribution in [-0.2, 0) is 27.8 Å². The van der Waals surface area contributed by atoms with E-state index in [0.717, 1.165) is 27.8 Å². The van der Waals surface area contributed by atoms with Crippen LogP contribution < -0.4 is 20.5 Å². The van der Waals surface area contributed by atoms with E-state index in [1.807, 2.05) is 92.3 Å². The van der Waals surface area contributed by atoms with Crippen LogP contribution in [0.4, 0.5) is 10.5 Å². The summed E-state index contributed by atoms with van der Waals surface area (Å²) in [5.41, 5.74) is 5.98. The first-order chi connectivity index (χ1) is 21.3. The third kappa shape index (κ3) is 7.14. The topological polar surface area (TPSA) is 100 Å². The van der Waals surface area contributed by atoms with E-state index in [2.05, 4.69) is 40.2 Å². The van der Waals surface area contributed by atoms with Gasteiger partial charge in [-0.1, -0.05) is 99.1 Å². The number of rotatable bonds is 11. The molecule has 0 bridgehead atoms. The maximum Gasteiger partial charge on any atom is 0.407 e. The molecule has 3 atom stereocenters. The Morgan fingerprint density at radius 2 is 1.45 bits per heavy atom. The van der Waals surface area contributed by atoms with E-state index in [0.29, 0.717) is 12.1 Å². The monoisotopic (exact) mass is 591 g/mol. The van der Waals surface area contributed by atoms with Crippen molar-refractivity contribution in [3.63, 3.8) is 0 Å². The number of aryl methyl sites for hydroxylation is 1. The molecule has 5 rings (SSSR count). The van der Waals surface area contributed by atoms with Crippen LogP contribution in [0.1, 0.15) is 42.9 Å². The Morgan fingerprint density at radius 3 is 2.09 bits per heavy atom. The predicted molar refractivity (Wildman–Crippen MR) is 170 cm³/mol. The average molecular weight is 592 g/mol. The Balaban J connectivity index is 1.30. The van der Waals surface area contributed by atoms with Crippen LogP contribution in [0.2, 0.25) is 0 Å². The van der Waals surface area contributed by atoms with Crippen molar-refractivity contribution in [2.45, 2.75) is 44.7 Å². The van der Waals surface area contributed by atoms with E-state index in [-0.39, 0.29) is 30.8 Å². The van der Waals surface area contributed by atoms with Gasteiger partial charge in [0.25, 0.3) is 0 Å². The zero-order chi connectivity index (χ0) is 31.1. The molecule has 1 aromatic heterocycles. The van der Waals surface area contributed by atoms with Crippen molar-refractivity contribution in [1.82, 2.24) is 10.6 Å². The van der Waals surface area contributed by atoms with Gasteiger partial charge in [0.15, 0.2) is 12.4 Å². The molecule has 3 N–H and O–H groups in total. The number of amides is 3. The van der Waals surface area contributed by atoms with E-state index < -0.39 is 24.1 Å². The Bertz CT molecular complexity index is 1580. The predicted octanol–water partition coefficient (Wildman–Crippen LogP) is 5.13. The summed E-state index contributed by atoms with van der Waals surface area (Å²) in [6.07, 6.45) is 3.88. The van der Waals surface area contributed by atoms with Gasteiger partial charge in [-0.15, -0.1) is 0 Å². The molecule has 0 spiro atoms. The first-order valence-electron chi connectivity index (χ1n) is 15.1. The van der Waals surface area contributed by atoms with E-state index >= 15 is 0 Å². The number of fused-ring (bicyclic) bond motifs is 3. The first-order valence-corrected chi connectivity index (χ1v) is 15.1. The molecule has 4 aromatic rings. The lowest BCUT2D eigenvalue weighted by Gasteiger charge is -2.26. The third-order valence-corrected chi connectivity index (χ3v) is 8.24. The van der Waals surface area contributed by atoms with Crippen molar-refractivity contribution < 1.29 is 23.7 Å². The van der Waals surface area contributed by atoms with E-state index in [9.17, 15) is 14.4 Å². The molecule has 8 nitrogen and oxygen atoms in total. The standard InChI is InChI=1S/C36H38N4O4/c1-4-24(2)33(35(42)37-26-15-12-20-40(3)22-26)39-34(41)32(21-25-13-6-5-7-14-25)38-36(43)44-23-31-29-18-10-8-16-27(29)28-17-9-11-19-30(28)31/h5-20,22,24,31-33H,4,21,23H2,1-3H3,(H2-,37,38,39,41,42,43)/p+1. The Hall–Kier alpha value is -4.98. The molecule has 44 heavy (non-hydrogen) atoms. The Morgan fingerprint density at radius 1 is 0.818 bits per heavy atom. The Kier molecular flexibility index (Phi) is 9.69. The summed E-state index contributed by atoms with van der Waals surface area (Å²) >= 11 is 0. The summed E-state index contributed by atoms with van der Waals surface area (Å²) < 4.78 is 7.59. The number of pyridine rings is 1. The van der Waals surface area contributed by atoms with E-state index in [1.54, 1.807) is 12.3 Å². The lowest BCUT2D eigenvalue weighted by molar-refractivity contribution is -0.670. The van der Waals surface area contributed by atoms with Crippen LogP contribution in [0, 0.1) is 5.92 Å². The van der Waals surface area contributed by atoms with Crippen LogP contribution in [0.3, 0.4) is 0 Å². The normalized spacial score (nSPS) is 14.0. The van der Waals surface area contributed by atoms with Crippen molar-refractivity contribution in [1.29, 1.82) is 0 Å². The number of hydrogen-bond acceptors (Lipinski definition) is 4. The van der Waals surface area contributed by atoms with Crippen LogP contribution >= 0.6 is 0 Å². The van der Waals surface area contributed by atoms with Gasteiger partial charge in [-0.05, 0) is 39.8 Å². The van der Waals surface area contributed by atoms with Gasteiger partial charge in [-0.3, -0.25) is 9.59 Å². The number of ether oxygens (including phenoxy) is 1. The number of aromatic nitrogens is 1. The van der Waals surface area contributed by atoms with Crippen molar-refractivity contribution in [3.8, 4) is 11.1 Å². The van der Waals surface area contributed by atoms with Crippen LogP contribution in [-0.4, -0.2) is 36.6 Å². The molecule has 1 aliphatic rings. The number of anilines is 1. The lowest BCUT2D eigenvalue weighted by atomic mass is 9.97. The van der Waals surface area contributed by atoms with Gasteiger partial charge in [0.2, 0.25) is 11.8 Å². The average Bonchev–Trinajstić information content (AvgIpc) is 3.36. The fraction of sp³-hybridized carbons (Fsp3) is 0.278. The molecule has 8 heteroatoms. The third-order valence-electron chi connectivity index (χ3n) is 8.24. The molecular formula is C36H39N4O4+. The minimum absolute atomic E-state index is 0.104. The number of benzene rings is 3. The van der Waals surface area contributed by atoms with Crippen LogP contribution in [0.25, 0.3) is 11.1 Å². The highest BCUT2D eigenvalue weighted by Crippen LogP contribution is 2.44. The zero-order valence-electron chi connectivity index (χ0n) is 25.3. The smallest absolute Gasteiger partial charge is 0.407 e. The number of hydrogen-bond donors (Lipinski definition) is 3. The van der Waals surface area contributed by atoms with Gasteiger partial charge < -0.3 is 20.7 Å². The molecule has 3 aromatic carbocycles. The van der Waals surface area contributed by atoms with Gasteiger partial charge >= 0.3 is 6.09 Å². The number of nitrogens with zero attached hydrogens (tertiary/aromatic N) is 1. The molecule has 1 aliphatic carbocycles. The SMILES string of the molecule is CCC(C)C(NC(=O)C(Cc1ccccc1)NC(=O)OCC1c2ccccc2-c2ccccc21)C(=O)Nc1ccc[n+](C)c1. The molecule has 3 amide bonds. The molecule has 1 heterocycles. The molecular weight excluding hydrogens is 552 g/mol. The quantitative estimate of drug-likeness (QED) is 0.211. The molecule has 0 aliphatic heterocycles. The lowest BCUT2D eigenvalue weighted by Crippen LogP contribution is -2.55. The number of alkyl carbamates (subject to hydrolysis) is 1. The Labute approximate surface area is 258 Å². The van der Waals surface area contributed by atoms with Crippen LogP contribution in [0.5, 0.6) is 0 Å². The highest BCUT2D eigenvalue weighted by atomic mass is 16.5. The number of carbonyl (C=O) groups excluding carboxylic acids is 3. The first kappa shape index (κ1) is 30.5. The van der Waals surface area contributed by atoms with E-state index in [4.69, 9.17) is 4.74 Å². The fourth-order valence-electron chi connectivity index (χ4n) is 5.68. The highest BCUT2D eigenvalue weighted by molar-refractivity contribution is 5.98. The fourth-order valence-corrected chi connectivity index (χ4v) is 5.68. The molecule has 0 fully saturated rings. The van der Waals surface area contributed by atoms with Gasteiger partial charge in [0, 0.05) is 18.4 Å². The van der Waals surface area contributed by atoms with Gasteiger partial charge in [0.05, 0.1) is 0 Å². The number of carbonyl (C=O) groups is 3. The maximum atomic E-state index is 13.7. The van der Waals surface area contributed by atoms with Crippen LogP contribution in [0.15, 0.2) is 103 Å². The van der Waals surface area contributed by atoms with Crippen molar-refractivity contribution >= 4 is 23.6 Å².